The summed E-state index contributed by atoms with van der Waals surface area (Å²) in [6.45, 7) is 0. The summed E-state index contributed by atoms with van der Waals surface area (Å²) in [4.78, 5) is 0.206. The van der Waals surface area contributed by atoms with Gasteiger partial charge in [-0.15, -0.1) is 0 Å². The molecule has 0 aliphatic carbocycles. The van der Waals surface area contributed by atoms with E-state index in [0.717, 1.165) is 11.8 Å². The number of rotatable bonds is 4. The number of hydrogen-bond acceptors (Lipinski definition) is 4. The zero-order chi connectivity index (χ0) is 18.2. The molecule has 0 unspecified atom stereocenters. The van der Waals surface area contributed by atoms with Gasteiger partial charge in [-0.25, -0.2) is 8.42 Å². The van der Waals surface area contributed by atoms with E-state index in [4.69, 9.17) is 7.26 Å². The molecule has 3 aromatic rings. The molecule has 0 fully saturated rings. The van der Waals surface area contributed by atoms with Crippen molar-refractivity contribution < 1.29 is 15.7 Å². The summed E-state index contributed by atoms with van der Waals surface area (Å²) in [7, 11) is -3.29. The summed E-state index contributed by atoms with van der Waals surface area (Å²) < 4.78 is 44.4. The molecule has 0 spiro atoms. The lowest BCUT2D eigenvalue weighted by atomic mass is 10.00. The first kappa shape index (κ1) is 13.5. The van der Waals surface area contributed by atoms with E-state index in [2.05, 4.69) is 21.1 Å². The second-order valence-corrected chi connectivity index (χ2v) is 7.40. The highest BCUT2D eigenvalue weighted by Crippen LogP contribution is 2.35. The molecule has 118 valence electrons. The first-order valence-electron chi connectivity index (χ1n) is 7.73. The van der Waals surface area contributed by atoms with Crippen molar-refractivity contribution in [1.29, 1.82) is 0 Å². The molecule has 4 nitrogen and oxygen atoms in total. The van der Waals surface area contributed by atoms with Gasteiger partial charge in [0.25, 0.3) is 0 Å². The van der Waals surface area contributed by atoms with Crippen LogP contribution in [0.3, 0.4) is 0 Å². The van der Waals surface area contributed by atoms with Crippen LogP contribution < -0.4 is 0 Å². The first-order chi connectivity index (χ1) is 11.7. The molecular formula is C17H14BrNO3S. The van der Waals surface area contributed by atoms with Crippen LogP contribution in [0, 0.1) is 0 Å². The summed E-state index contributed by atoms with van der Waals surface area (Å²) in [5, 5.41) is 2.13. The van der Waals surface area contributed by atoms with Gasteiger partial charge in [-0.2, -0.15) is 0 Å². The molecule has 0 amide bonds. The van der Waals surface area contributed by atoms with Crippen LogP contribution in [-0.4, -0.2) is 19.8 Å². The Bertz CT molecular complexity index is 995. The van der Waals surface area contributed by atoms with E-state index < -0.39 is 15.1 Å². The molecule has 1 aromatic heterocycles. The van der Waals surface area contributed by atoms with Gasteiger partial charge in [-0.1, -0.05) is 63.6 Å². The maximum Gasteiger partial charge on any atom is 0.175 e. The monoisotopic (exact) mass is 393 g/mol. The number of halogens is 1. The van der Waals surface area contributed by atoms with Crippen molar-refractivity contribution in [1.82, 2.24) is 5.16 Å². The third kappa shape index (κ3) is 3.23. The molecule has 0 atom stereocenters. The van der Waals surface area contributed by atoms with Gasteiger partial charge in [-0.3, -0.25) is 0 Å². The second-order valence-electron chi connectivity index (χ2n) is 4.99. The SMILES string of the molecule is [2H]C([2H])(Br)c1onc(-c2ccc(S(C)(=O)=O)cc2)c1-c1ccccc1. The van der Waals surface area contributed by atoms with Gasteiger partial charge in [0.05, 0.1) is 15.7 Å². The highest BCUT2D eigenvalue weighted by atomic mass is 79.9. The summed E-state index contributed by atoms with van der Waals surface area (Å²) in [5.74, 6) is 0.0564. The van der Waals surface area contributed by atoms with Crippen LogP contribution in [0.4, 0.5) is 0 Å². The van der Waals surface area contributed by atoms with Crippen molar-refractivity contribution in [3.63, 3.8) is 0 Å². The Morgan fingerprint density at radius 2 is 1.74 bits per heavy atom. The van der Waals surface area contributed by atoms with Crippen LogP contribution in [0.5, 0.6) is 0 Å². The van der Waals surface area contributed by atoms with Crippen LogP contribution in [0.25, 0.3) is 22.4 Å². The zero-order valence-electron chi connectivity index (χ0n) is 14.2. The average molecular weight is 394 g/mol. The Labute approximate surface area is 146 Å². The number of alkyl halides is 1. The molecule has 0 radical (unpaired) electrons. The maximum absolute atomic E-state index is 11.6. The van der Waals surface area contributed by atoms with Crippen LogP contribution >= 0.6 is 15.9 Å². The Morgan fingerprint density at radius 1 is 1.09 bits per heavy atom. The molecule has 0 saturated heterocycles. The quantitative estimate of drug-likeness (QED) is 0.619. The second kappa shape index (κ2) is 6.29. The largest absolute Gasteiger partial charge is 0.359 e. The van der Waals surface area contributed by atoms with Crippen molar-refractivity contribution in [2.24, 2.45) is 0 Å². The van der Waals surface area contributed by atoms with E-state index in [1.807, 2.05) is 30.3 Å². The minimum atomic E-state index is -3.29. The Hall–Kier alpha value is -1.92. The van der Waals surface area contributed by atoms with E-state index in [9.17, 15) is 8.42 Å². The van der Waals surface area contributed by atoms with E-state index in [-0.39, 0.29) is 10.7 Å². The van der Waals surface area contributed by atoms with Gasteiger partial charge < -0.3 is 4.52 Å². The molecule has 0 N–H and O–H groups in total. The third-order valence-electron chi connectivity index (χ3n) is 3.40. The third-order valence-corrected chi connectivity index (χ3v) is 4.88. The van der Waals surface area contributed by atoms with Gasteiger partial charge in [0.2, 0.25) is 0 Å². The number of aromatic nitrogens is 1. The molecule has 2 aromatic carbocycles. The molecule has 6 heteroatoms. The van der Waals surface area contributed by atoms with Crippen LogP contribution in [0.1, 0.15) is 8.50 Å². The highest BCUT2D eigenvalue weighted by molar-refractivity contribution is 9.08. The molecule has 0 bridgehead atoms. The lowest BCUT2D eigenvalue weighted by molar-refractivity contribution is 0.398. The standard InChI is InChI=1S/C17H14BrNO3S/c1-23(20,21)14-9-7-13(8-10-14)17-16(15(11-18)22-19-17)12-5-3-2-4-6-12/h2-10H,11H2,1H3/i11D2. The van der Waals surface area contributed by atoms with Gasteiger partial charge in [0, 0.05) is 14.6 Å². The van der Waals surface area contributed by atoms with Crippen molar-refractivity contribution in [2.45, 2.75) is 10.2 Å². The summed E-state index contributed by atoms with van der Waals surface area (Å²) in [6.07, 6.45) is 1.14. The summed E-state index contributed by atoms with van der Waals surface area (Å²) in [6, 6.07) is 15.5. The fourth-order valence-electron chi connectivity index (χ4n) is 2.28. The van der Waals surface area contributed by atoms with E-state index in [1.165, 1.54) is 12.1 Å². The molecule has 23 heavy (non-hydrogen) atoms. The molecule has 3 rings (SSSR count). The van der Waals surface area contributed by atoms with E-state index in [1.54, 1.807) is 12.1 Å². The minimum Gasteiger partial charge on any atom is -0.359 e. The number of benzene rings is 2. The predicted molar refractivity (Wildman–Crippen MR) is 93.1 cm³/mol. The predicted octanol–water partition coefficient (Wildman–Crippen LogP) is 4.31. The van der Waals surface area contributed by atoms with Crippen molar-refractivity contribution >= 4 is 25.8 Å². The van der Waals surface area contributed by atoms with Crippen LogP contribution in [-0.2, 0) is 15.1 Å². The Morgan fingerprint density at radius 3 is 2.30 bits per heavy atom. The maximum atomic E-state index is 11.6. The fourth-order valence-corrected chi connectivity index (χ4v) is 3.19. The van der Waals surface area contributed by atoms with Crippen molar-refractivity contribution in [3.8, 4) is 22.4 Å². The van der Waals surface area contributed by atoms with Crippen molar-refractivity contribution in [3.05, 3.63) is 60.4 Å². The lowest BCUT2D eigenvalue weighted by Crippen LogP contribution is -1.96. The average Bonchev–Trinajstić information content (AvgIpc) is 3.00. The smallest absolute Gasteiger partial charge is 0.175 e. The lowest BCUT2D eigenvalue weighted by Gasteiger charge is -2.04. The zero-order valence-corrected chi connectivity index (χ0v) is 14.6. The molecule has 0 saturated carbocycles. The molecule has 0 aliphatic heterocycles. The van der Waals surface area contributed by atoms with Crippen LogP contribution in [0.15, 0.2) is 64.0 Å². The summed E-state index contributed by atoms with van der Waals surface area (Å²) >= 11 is 2.98. The topological polar surface area (TPSA) is 60.2 Å². The molecular weight excluding hydrogens is 378 g/mol. The van der Waals surface area contributed by atoms with Gasteiger partial charge in [0.15, 0.2) is 15.6 Å². The van der Waals surface area contributed by atoms with E-state index >= 15 is 0 Å². The Kier molecular flexibility index (Phi) is 3.70. The van der Waals surface area contributed by atoms with Crippen molar-refractivity contribution in [2.75, 3.05) is 6.26 Å². The Balaban J connectivity index is 2.19. The van der Waals surface area contributed by atoms with Gasteiger partial charge in [-0.05, 0) is 17.7 Å². The molecule has 1 heterocycles. The minimum absolute atomic E-state index is 0.0564. The molecule has 0 aliphatic rings. The number of nitrogens with zero attached hydrogens (tertiary/aromatic N) is 1. The van der Waals surface area contributed by atoms with E-state index in [0.29, 0.717) is 16.8 Å². The normalized spacial score (nSPS) is 13.5. The van der Waals surface area contributed by atoms with Gasteiger partial charge in [0.1, 0.15) is 5.69 Å². The van der Waals surface area contributed by atoms with Gasteiger partial charge >= 0.3 is 0 Å². The highest BCUT2D eigenvalue weighted by Gasteiger charge is 2.18. The van der Waals surface area contributed by atoms with Crippen LogP contribution in [0.2, 0.25) is 0 Å². The fraction of sp³-hybridized carbons (Fsp3) is 0.118. The number of hydrogen-bond donors (Lipinski definition) is 0. The number of sulfone groups is 1. The summed E-state index contributed by atoms with van der Waals surface area (Å²) in [5.41, 5.74) is 2.36. The first-order valence-corrected chi connectivity index (χ1v) is 9.41.